The van der Waals surface area contributed by atoms with Crippen molar-refractivity contribution >= 4 is 0 Å². The number of rotatable bonds is 4. The first kappa shape index (κ1) is 10.6. The Morgan fingerprint density at radius 2 is 2.07 bits per heavy atom. The van der Waals surface area contributed by atoms with Gasteiger partial charge in [0.1, 0.15) is 0 Å². The average Bonchev–Trinajstić information content (AvgIpc) is 2.66. The molecule has 2 rings (SSSR count). The third-order valence-electron chi connectivity index (χ3n) is 2.75. The number of β-amino-alcohol motifs (C(OH)–C–C–N with tert-alkyl or cyclic N) is 1. The molecule has 1 fully saturated rings. The minimum atomic E-state index is -0.249. The van der Waals surface area contributed by atoms with Gasteiger partial charge in [-0.25, -0.2) is 0 Å². The summed E-state index contributed by atoms with van der Waals surface area (Å²) in [6.45, 7) is 2.81. The molecule has 0 radical (unpaired) electrons. The summed E-state index contributed by atoms with van der Waals surface area (Å²) in [7, 11) is 0. The number of nitrogens with one attached hydrogen (secondary N) is 1. The Morgan fingerprint density at radius 1 is 1.27 bits per heavy atom. The van der Waals surface area contributed by atoms with Crippen molar-refractivity contribution in [1.29, 1.82) is 0 Å². The fourth-order valence-electron chi connectivity index (χ4n) is 1.79. The summed E-state index contributed by atoms with van der Waals surface area (Å²) < 4.78 is 5.57. The van der Waals surface area contributed by atoms with Crippen LogP contribution in [0, 0.1) is 5.92 Å². The zero-order valence-electron chi connectivity index (χ0n) is 8.73. The van der Waals surface area contributed by atoms with Crippen molar-refractivity contribution in [1.82, 2.24) is 5.32 Å². The molecule has 1 heterocycles. The molecule has 2 N–H and O–H groups in total. The average molecular weight is 207 g/mol. The molecular weight excluding hydrogens is 190 g/mol. The van der Waals surface area contributed by atoms with Crippen LogP contribution < -0.4 is 5.32 Å². The van der Waals surface area contributed by atoms with E-state index in [4.69, 9.17) is 4.74 Å². The van der Waals surface area contributed by atoms with E-state index in [9.17, 15) is 5.11 Å². The molecule has 15 heavy (non-hydrogen) atoms. The number of aliphatic hydroxyl groups excluding tert-OH is 1. The number of hydrogen-bond acceptors (Lipinski definition) is 3. The zero-order valence-corrected chi connectivity index (χ0v) is 8.73. The lowest BCUT2D eigenvalue weighted by Crippen LogP contribution is -2.22. The van der Waals surface area contributed by atoms with E-state index < -0.39 is 0 Å². The normalized spacial score (nSPS) is 25.7. The Morgan fingerprint density at radius 3 is 2.73 bits per heavy atom. The van der Waals surface area contributed by atoms with Gasteiger partial charge in [0, 0.05) is 19.0 Å². The lowest BCUT2D eigenvalue weighted by atomic mass is 10.1. The first-order valence-corrected chi connectivity index (χ1v) is 5.36. The summed E-state index contributed by atoms with van der Waals surface area (Å²) in [5.41, 5.74) is 1.18. The Labute approximate surface area is 90.1 Å². The molecule has 1 aliphatic rings. The second kappa shape index (κ2) is 5.26. The van der Waals surface area contributed by atoms with E-state index in [1.807, 2.05) is 30.3 Å². The largest absolute Gasteiger partial charge is 0.391 e. The summed E-state index contributed by atoms with van der Waals surface area (Å²) in [5.74, 6) is 0.244. The van der Waals surface area contributed by atoms with Gasteiger partial charge < -0.3 is 15.2 Å². The number of aliphatic hydroxyl groups is 1. The molecule has 1 aromatic carbocycles. The van der Waals surface area contributed by atoms with Crippen LogP contribution in [0.5, 0.6) is 0 Å². The molecule has 3 heteroatoms. The number of benzene rings is 1. The molecule has 0 bridgehead atoms. The molecule has 0 saturated carbocycles. The highest BCUT2D eigenvalue weighted by molar-refractivity contribution is 5.13. The predicted octanol–water partition coefficient (Wildman–Crippen LogP) is 0.783. The predicted molar refractivity (Wildman–Crippen MR) is 58.5 cm³/mol. The van der Waals surface area contributed by atoms with Crippen molar-refractivity contribution in [2.75, 3.05) is 19.7 Å². The summed E-state index contributed by atoms with van der Waals surface area (Å²) >= 11 is 0. The van der Waals surface area contributed by atoms with Crippen LogP contribution in [0.15, 0.2) is 30.3 Å². The highest BCUT2D eigenvalue weighted by Crippen LogP contribution is 2.10. The van der Waals surface area contributed by atoms with E-state index >= 15 is 0 Å². The van der Waals surface area contributed by atoms with Crippen LogP contribution in [0.2, 0.25) is 0 Å². The van der Waals surface area contributed by atoms with Gasteiger partial charge >= 0.3 is 0 Å². The molecule has 0 spiro atoms. The maximum absolute atomic E-state index is 9.54. The van der Waals surface area contributed by atoms with Crippen molar-refractivity contribution in [2.45, 2.75) is 12.7 Å². The minimum Gasteiger partial charge on any atom is -0.391 e. The van der Waals surface area contributed by atoms with E-state index in [0.717, 1.165) is 6.54 Å². The van der Waals surface area contributed by atoms with Crippen molar-refractivity contribution in [3.05, 3.63) is 35.9 Å². The van der Waals surface area contributed by atoms with E-state index in [1.165, 1.54) is 5.56 Å². The maximum Gasteiger partial charge on any atom is 0.0726 e. The second-order valence-corrected chi connectivity index (χ2v) is 3.99. The molecule has 1 aromatic rings. The maximum atomic E-state index is 9.54. The van der Waals surface area contributed by atoms with Crippen LogP contribution in [0.3, 0.4) is 0 Å². The molecular formula is C12H17NO2. The topological polar surface area (TPSA) is 41.5 Å². The lowest BCUT2D eigenvalue weighted by Gasteiger charge is -2.13. The van der Waals surface area contributed by atoms with Crippen LogP contribution in [0.4, 0.5) is 0 Å². The Hall–Kier alpha value is -0.900. The summed E-state index contributed by atoms with van der Waals surface area (Å²) in [6.07, 6.45) is -0.249. The van der Waals surface area contributed by atoms with Crippen molar-refractivity contribution in [3.63, 3.8) is 0 Å². The van der Waals surface area contributed by atoms with Gasteiger partial charge in [-0.15, -0.1) is 0 Å². The smallest absolute Gasteiger partial charge is 0.0726 e. The molecule has 0 aliphatic carbocycles. The van der Waals surface area contributed by atoms with Crippen molar-refractivity contribution in [2.24, 2.45) is 5.92 Å². The molecule has 0 aromatic heterocycles. The molecule has 1 aliphatic heterocycles. The molecule has 3 nitrogen and oxygen atoms in total. The van der Waals surface area contributed by atoms with Gasteiger partial charge in [0.25, 0.3) is 0 Å². The van der Waals surface area contributed by atoms with Gasteiger partial charge in [0.15, 0.2) is 0 Å². The van der Waals surface area contributed by atoms with Crippen molar-refractivity contribution in [3.8, 4) is 0 Å². The molecule has 0 amide bonds. The fourth-order valence-corrected chi connectivity index (χ4v) is 1.79. The quantitative estimate of drug-likeness (QED) is 0.766. The van der Waals surface area contributed by atoms with Crippen molar-refractivity contribution < 1.29 is 9.84 Å². The van der Waals surface area contributed by atoms with Gasteiger partial charge in [0.2, 0.25) is 0 Å². The first-order chi connectivity index (χ1) is 7.36. The van der Waals surface area contributed by atoms with Gasteiger partial charge in [-0.05, 0) is 5.56 Å². The zero-order chi connectivity index (χ0) is 10.5. The SMILES string of the molecule is O[C@H]1CNC[C@@H]1COCc1ccccc1. The number of ether oxygens (including phenoxy) is 1. The minimum absolute atomic E-state index is 0.244. The van der Waals surface area contributed by atoms with Gasteiger partial charge in [-0.3, -0.25) is 0 Å². The van der Waals surface area contributed by atoms with Crippen LogP contribution in [0.25, 0.3) is 0 Å². The Balaban J connectivity index is 1.71. The van der Waals surface area contributed by atoms with Crippen LogP contribution in [-0.4, -0.2) is 30.9 Å². The van der Waals surface area contributed by atoms with Crippen LogP contribution >= 0.6 is 0 Å². The van der Waals surface area contributed by atoms with E-state index in [1.54, 1.807) is 0 Å². The summed E-state index contributed by atoms with van der Waals surface area (Å²) in [6, 6.07) is 10.1. The second-order valence-electron chi connectivity index (χ2n) is 3.99. The number of hydrogen-bond donors (Lipinski definition) is 2. The Kier molecular flexibility index (Phi) is 3.72. The van der Waals surface area contributed by atoms with Gasteiger partial charge in [0.05, 0.1) is 19.3 Å². The summed E-state index contributed by atoms with van der Waals surface area (Å²) in [4.78, 5) is 0. The third kappa shape index (κ3) is 3.02. The molecule has 82 valence electrons. The summed E-state index contributed by atoms with van der Waals surface area (Å²) in [5, 5.41) is 12.7. The highest BCUT2D eigenvalue weighted by Gasteiger charge is 2.24. The monoisotopic (exact) mass is 207 g/mol. The molecule has 0 unspecified atom stereocenters. The highest BCUT2D eigenvalue weighted by atomic mass is 16.5. The molecule has 1 saturated heterocycles. The fraction of sp³-hybridized carbons (Fsp3) is 0.500. The van der Waals surface area contributed by atoms with E-state index in [0.29, 0.717) is 19.8 Å². The van der Waals surface area contributed by atoms with E-state index in [-0.39, 0.29) is 12.0 Å². The Bertz CT molecular complexity index is 289. The standard InChI is InChI=1S/C12H17NO2/c14-12-7-13-6-11(12)9-15-8-10-4-2-1-3-5-10/h1-5,11-14H,6-9H2/t11-,12+/m1/s1. The third-order valence-corrected chi connectivity index (χ3v) is 2.75. The van der Waals surface area contributed by atoms with Crippen LogP contribution in [-0.2, 0) is 11.3 Å². The molecule has 2 atom stereocenters. The first-order valence-electron chi connectivity index (χ1n) is 5.36. The van der Waals surface area contributed by atoms with Gasteiger partial charge in [-0.2, -0.15) is 0 Å². The lowest BCUT2D eigenvalue weighted by molar-refractivity contribution is 0.0449. The van der Waals surface area contributed by atoms with Crippen LogP contribution in [0.1, 0.15) is 5.56 Å². The van der Waals surface area contributed by atoms with E-state index in [2.05, 4.69) is 5.32 Å². The van der Waals surface area contributed by atoms with Gasteiger partial charge in [-0.1, -0.05) is 30.3 Å².